The summed E-state index contributed by atoms with van der Waals surface area (Å²) in [5.41, 5.74) is 5.53. The van der Waals surface area contributed by atoms with Crippen LogP contribution >= 0.6 is 24.8 Å². The van der Waals surface area contributed by atoms with Gasteiger partial charge in [0.15, 0.2) is 0 Å². The lowest BCUT2D eigenvalue weighted by atomic mass is 9.95. The van der Waals surface area contributed by atoms with Crippen LogP contribution in [0, 0.1) is 11.8 Å². The lowest BCUT2D eigenvalue weighted by Gasteiger charge is -2.34. The molecular formula is C14H31Cl2N3O2. The summed E-state index contributed by atoms with van der Waals surface area (Å²) in [6.07, 6.45) is 1.94. The number of β-amino-alcohol motifs (C(OH)–C–C–N with tert-alkyl or cyclic N) is 1. The van der Waals surface area contributed by atoms with Gasteiger partial charge in [-0.05, 0) is 38.8 Å². The highest BCUT2D eigenvalue weighted by Gasteiger charge is 2.23. The number of aliphatic hydroxyl groups excluding tert-OH is 1. The van der Waals surface area contributed by atoms with Gasteiger partial charge in [0.05, 0.1) is 6.10 Å². The fourth-order valence-electron chi connectivity index (χ4n) is 2.68. The molecule has 0 radical (unpaired) electrons. The number of carbonyl (C=O) groups excluding carboxylic acids is 1. The Morgan fingerprint density at radius 1 is 1.33 bits per heavy atom. The number of halogens is 2. The predicted molar refractivity (Wildman–Crippen MR) is 91.2 cm³/mol. The molecule has 1 rings (SSSR count). The minimum Gasteiger partial charge on any atom is -0.392 e. The van der Waals surface area contributed by atoms with Crippen molar-refractivity contribution in [1.29, 1.82) is 0 Å². The molecule has 128 valence electrons. The van der Waals surface area contributed by atoms with E-state index in [1.54, 1.807) is 0 Å². The summed E-state index contributed by atoms with van der Waals surface area (Å²) in [6.45, 7) is 7.73. The number of rotatable bonds is 6. The first kappa shape index (κ1) is 23.2. The Balaban J connectivity index is 0. The van der Waals surface area contributed by atoms with Gasteiger partial charge in [0.1, 0.15) is 0 Å². The molecule has 0 saturated carbocycles. The smallest absolute Gasteiger partial charge is 0.226 e. The van der Waals surface area contributed by atoms with Crippen molar-refractivity contribution in [3.63, 3.8) is 0 Å². The van der Waals surface area contributed by atoms with E-state index in [4.69, 9.17) is 5.73 Å². The van der Waals surface area contributed by atoms with Crippen molar-refractivity contribution in [1.82, 2.24) is 9.80 Å². The van der Waals surface area contributed by atoms with Crippen LogP contribution in [0.1, 0.15) is 26.7 Å². The van der Waals surface area contributed by atoms with Gasteiger partial charge in [-0.1, -0.05) is 6.92 Å². The summed E-state index contributed by atoms with van der Waals surface area (Å²) in [7, 11) is 1.87. The highest BCUT2D eigenvalue weighted by molar-refractivity contribution is 5.85. The number of nitrogens with two attached hydrogens (primary N) is 1. The van der Waals surface area contributed by atoms with Crippen molar-refractivity contribution in [2.75, 3.05) is 39.8 Å². The third-order valence-electron chi connectivity index (χ3n) is 3.91. The number of nitrogens with zero attached hydrogens (tertiary/aromatic N) is 2. The zero-order valence-corrected chi connectivity index (χ0v) is 15.0. The molecule has 0 aliphatic carbocycles. The lowest BCUT2D eigenvalue weighted by Crippen LogP contribution is -2.43. The number of aliphatic hydroxyl groups is 1. The molecule has 2 atom stereocenters. The number of amides is 1. The summed E-state index contributed by atoms with van der Waals surface area (Å²) in [4.78, 5) is 16.1. The molecule has 21 heavy (non-hydrogen) atoms. The second-order valence-electron chi connectivity index (χ2n) is 5.95. The van der Waals surface area contributed by atoms with Crippen LogP contribution in [-0.2, 0) is 4.79 Å². The summed E-state index contributed by atoms with van der Waals surface area (Å²) < 4.78 is 0. The molecule has 1 fully saturated rings. The van der Waals surface area contributed by atoms with Gasteiger partial charge in [-0.2, -0.15) is 0 Å². The molecule has 7 heteroatoms. The van der Waals surface area contributed by atoms with Crippen LogP contribution in [0.3, 0.4) is 0 Å². The van der Waals surface area contributed by atoms with E-state index in [-0.39, 0.29) is 42.7 Å². The largest absolute Gasteiger partial charge is 0.392 e. The molecule has 0 aromatic carbocycles. The monoisotopic (exact) mass is 343 g/mol. The highest BCUT2D eigenvalue weighted by atomic mass is 35.5. The Labute approximate surface area is 141 Å². The molecular weight excluding hydrogens is 313 g/mol. The Kier molecular flexibility index (Phi) is 12.7. The molecule has 2 unspecified atom stereocenters. The van der Waals surface area contributed by atoms with E-state index in [9.17, 15) is 9.90 Å². The van der Waals surface area contributed by atoms with Gasteiger partial charge in [-0.3, -0.25) is 4.79 Å². The maximum absolute atomic E-state index is 12.0. The summed E-state index contributed by atoms with van der Waals surface area (Å²) in [5.74, 6) is 0.637. The molecule has 5 nitrogen and oxygen atoms in total. The van der Waals surface area contributed by atoms with Crippen molar-refractivity contribution in [3.05, 3.63) is 0 Å². The molecule has 0 spiro atoms. The van der Waals surface area contributed by atoms with Crippen LogP contribution in [0.25, 0.3) is 0 Å². The third kappa shape index (κ3) is 8.21. The van der Waals surface area contributed by atoms with Crippen LogP contribution < -0.4 is 5.73 Å². The Bertz CT molecular complexity index is 285. The molecule has 1 aliphatic rings. The quantitative estimate of drug-likeness (QED) is 0.754. The maximum Gasteiger partial charge on any atom is 0.226 e. The maximum atomic E-state index is 12.0. The van der Waals surface area contributed by atoms with E-state index >= 15 is 0 Å². The Morgan fingerprint density at radius 2 is 1.86 bits per heavy atom. The van der Waals surface area contributed by atoms with Gasteiger partial charge in [0.25, 0.3) is 0 Å². The zero-order valence-electron chi connectivity index (χ0n) is 13.3. The number of hydrogen-bond acceptors (Lipinski definition) is 4. The Hall–Kier alpha value is -0.0700. The van der Waals surface area contributed by atoms with E-state index < -0.39 is 0 Å². The topological polar surface area (TPSA) is 69.8 Å². The first-order valence-corrected chi connectivity index (χ1v) is 7.29. The fourth-order valence-corrected chi connectivity index (χ4v) is 2.68. The minimum absolute atomic E-state index is 0. The van der Waals surface area contributed by atoms with E-state index in [2.05, 4.69) is 4.90 Å². The van der Waals surface area contributed by atoms with E-state index in [1.165, 1.54) is 0 Å². The molecule has 1 saturated heterocycles. The van der Waals surface area contributed by atoms with Crippen molar-refractivity contribution < 1.29 is 9.90 Å². The van der Waals surface area contributed by atoms with Crippen molar-refractivity contribution in [2.45, 2.75) is 32.8 Å². The first-order chi connectivity index (χ1) is 8.93. The van der Waals surface area contributed by atoms with Gasteiger partial charge in [0, 0.05) is 32.6 Å². The van der Waals surface area contributed by atoms with Gasteiger partial charge in [0.2, 0.25) is 5.91 Å². The van der Waals surface area contributed by atoms with E-state index in [0.29, 0.717) is 12.5 Å². The van der Waals surface area contributed by atoms with Crippen LogP contribution in [0.5, 0.6) is 0 Å². The average Bonchev–Trinajstić information content (AvgIpc) is 2.38. The first-order valence-electron chi connectivity index (χ1n) is 7.29. The van der Waals surface area contributed by atoms with Crippen molar-refractivity contribution in [2.24, 2.45) is 17.6 Å². The molecule has 1 amide bonds. The number of carbonyl (C=O) groups is 1. The second-order valence-corrected chi connectivity index (χ2v) is 5.95. The summed E-state index contributed by atoms with van der Waals surface area (Å²) >= 11 is 0. The second kappa shape index (κ2) is 11.5. The van der Waals surface area contributed by atoms with Gasteiger partial charge < -0.3 is 20.6 Å². The molecule has 1 heterocycles. The summed E-state index contributed by atoms with van der Waals surface area (Å²) in [6, 6.07) is 0. The van der Waals surface area contributed by atoms with Gasteiger partial charge in [-0.15, -0.1) is 24.8 Å². The van der Waals surface area contributed by atoms with Crippen LogP contribution in [0.15, 0.2) is 0 Å². The molecule has 0 bridgehead atoms. The predicted octanol–water partition coefficient (Wildman–Crippen LogP) is 0.976. The van der Waals surface area contributed by atoms with Gasteiger partial charge in [-0.25, -0.2) is 0 Å². The third-order valence-corrected chi connectivity index (χ3v) is 3.91. The molecule has 0 aromatic rings. The highest BCUT2D eigenvalue weighted by Crippen LogP contribution is 2.18. The Morgan fingerprint density at radius 3 is 2.29 bits per heavy atom. The van der Waals surface area contributed by atoms with Crippen LogP contribution in [-0.4, -0.2) is 66.7 Å². The molecule has 3 N–H and O–H groups in total. The van der Waals surface area contributed by atoms with Crippen LogP contribution in [0.2, 0.25) is 0 Å². The van der Waals surface area contributed by atoms with E-state index in [1.807, 2.05) is 25.8 Å². The number of hydrogen-bond donors (Lipinski definition) is 2. The van der Waals surface area contributed by atoms with Crippen molar-refractivity contribution >= 4 is 30.7 Å². The average molecular weight is 344 g/mol. The fraction of sp³-hybridized carbons (Fsp3) is 0.929. The van der Waals surface area contributed by atoms with Crippen LogP contribution in [0.4, 0.5) is 0 Å². The summed E-state index contributed by atoms with van der Waals surface area (Å²) in [5, 5.41) is 9.37. The minimum atomic E-state index is -0.258. The zero-order chi connectivity index (χ0) is 14.4. The van der Waals surface area contributed by atoms with E-state index in [0.717, 1.165) is 39.0 Å². The SMILES string of the molecule is CC(O)CN1CCC(CN(C)C(=O)C(C)CN)CC1.Cl.Cl. The number of piperidine rings is 1. The standard InChI is InChI=1S/C14H29N3O2.2ClH/c1-11(8-15)14(19)16(3)10-13-4-6-17(7-5-13)9-12(2)18;;/h11-13,18H,4-10,15H2,1-3H3;2*1H. The number of likely N-dealkylation sites (tertiary alicyclic amines) is 1. The normalized spacial score (nSPS) is 19.1. The molecule has 1 aliphatic heterocycles. The van der Waals surface area contributed by atoms with Gasteiger partial charge >= 0.3 is 0 Å². The molecule has 0 aromatic heterocycles. The lowest BCUT2D eigenvalue weighted by molar-refractivity contribution is -0.134. The van der Waals surface area contributed by atoms with Crippen molar-refractivity contribution in [3.8, 4) is 0 Å².